The Morgan fingerprint density at radius 3 is 2.15 bits per heavy atom. The topological polar surface area (TPSA) is 86.8 Å². The highest BCUT2D eigenvalue weighted by Gasteiger charge is 2.35. The molecule has 200 valence electrons. The first kappa shape index (κ1) is 26.4. The van der Waals surface area contributed by atoms with Crippen molar-refractivity contribution < 1.29 is 18.0 Å². The molecule has 4 aromatic carbocycles. The molecular formula is C31H31N3O4S. The summed E-state index contributed by atoms with van der Waals surface area (Å²) in [7, 11) is -2.12. The summed E-state index contributed by atoms with van der Waals surface area (Å²) in [4.78, 5) is 28.7. The first-order chi connectivity index (χ1) is 18.9. The molecule has 7 nitrogen and oxygen atoms in total. The lowest BCUT2D eigenvalue weighted by Gasteiger charge is -2.31. The first-order valence-corrected chi connectivity index (χ1v) is 14.5. The molecule has 0 fully saturated rings. The van der Waals surface area contributed by atoms with Crippen LogP contribution in [0.5, 0.6) is 0 Å². The van der Waals surface area contributed by atoms with E-state index in [1.54, 1.807) is 30.1 Å². The van der Waals surface area contributed by atoms with Gasteiger partial charge in [0.1, 0.15) is 6.04 Å². The summed E-state index contributed by atoms with van der Waals surface area (Å²) in [5.41, 5.74) is 2.51. The zero-order chi connectivity index (χ0) is 27.4. The standard InChI is InChI=1S/C31H31N3O4S/c1-32-31(36)27(21-23-11-4-2-5-12-23)33(22-24-13-6-3-7-14-24)29(35)19-10-20-34-26-17-8-15-25-16-9-18-28(30(25)26)39(34,37)38/h2-9,11-18,27H,10,19-22H2,1H3,(H,32,36)/t27-/m0/s1. The second-order valence-electron chi connectivity index (χ2n) is 9.64. The third-order valence-corrected chi connectivity index (χ3v) is 9.00. The van der Waals surface area contributed by atoms with Gasteiger partial charge in [0.25, 0.3) is 10.0 Å². The summed E-state index contributed by atoms with van der Waals surface area (Å²) in [6, 6.07) is 29.3. The van der Waals surface area contributed by atoms with Crippen molar-refractivity contribution in [2.75, 3.05) is 17.9 Å². The Kier molecular flexibility index (Phi) is 7.65. The molecule has 1 N–H and O–H groups in total. The number of likely N-dealkylation sites (N-methyl/N-ethyl adjacent to an activating group) is 1. The maximum Gasteiger partial charge on any atom is 0.265 e. The van der Waals surface area contributed by atoms with E-state index in [1.807, 2.05) is 78.9 Å². The van der Waals surface area contributed by atoms with E-state index in [2.05, 4.69) is 5.32 Å². The van der Waals surface area contributed by atoms with Crippen molar-refractivity contribution >= 4 is 38.3 Å². The summed E-state index contributed by atoms with van der Waals surface area (Å²) in [5.74, 6) is -0.442. The monoisotopic (exact) mass is 541 g/mol. The molecular weight excluding hydrogens is 510 g/mol. The van der Waals surface area contributed by atoms with Crippen molar-refractivity contribution in [3.63, 3.8) is 0 Å². The van der Waals surface area contributed by atoms with Crippen LogP contribution in [-0.4, -0.2) is 44.8 Å². The van der Waals surface area contributed by atoms with E-state index in [1.165, 1.54) is 4.31 Å². The van der Waals surface area contributed by atoms with Crippen LogP contribution in [0.1, 0.15) is 24.0 Å². The molecule has 0 saturated heterocycles. The van der Waals surface area contributed by atoms with Crippen molar-refractivity contribution in [2.45, 2.75) is 36.7 Å². The second kappa shape index (κ2) is 11.3. The lowest BCUT2D eigenvalue weighted by atomic mass is 10.0. The maximum atomic E-state index is 13.7. The molecule has 0 radical (unpaired) electrons. The SMILES string of the molecule is CNC(=O)[C@H](Cc1ccccc1)N(Cc1ccccc1)C(=O)CCCN1c2cccc3cccc(c23)S1(=O)=O. The minimum absolute atomic E-state index is 0.105. The smallest absolute Gasteiger partial charge is 0.265 e. The average molecular weight is 542 g/mol. The Labute approximate surface area is 229 Å². The number of hydrogen-bond acceptors (Lipinski definition) is 4. The minimum Gasteiger partial charge on any atom is -0.357 e. The fourth-order valence-electron chi connectivity index (χ4n) is 5.22. The molecule has 0 unspecified atom stereocenters. The molecule has 0 aliphatic carbocycles. The Balaban J connectivity index is 1.37. The van der Waals surface area contributed by atoms with Crippen LogP contribution in [0.3, 0.4) is 0 Å². The van der Waals surface area contributed by atoms with Crippen LogP contribution in [0.2, 0.25) is 0 Å². The molecule has 4 aromatic rings. The Hall–Kier alpha value is -4.17. The van der Waals surface area contributed by atoms with Crippen molar-refractivity contribution in [3.8, 4) is 0 Å². The Bertz CT molecular complexity index is 1590. The van der Waals surface area contributed by atoms with E-state index in [9.17, 15) is 18.0 Å². The van der Waals surface area contributed by atoms with Crippen molar-refractivity contribution in [3.05, 3.63) is 108 Å². The number of anilines is 1. The van der Waals surface area contributed by atoms with Gasteiger partial charge in [-0.3, -0.25) is 13.9 Å². The van der Waals surface area contributed by atoms with Crippen LogP contribution < -0.4 is 9.62 Å². The largest absolute Gasteiger partial charge is 0.357 e. The van der Waals surface area contributed by atoms with Gasteiger partial charge in [-0.2, -0.15) is 0 Å². The number of rotatable bonds is 10. The van der Waals surface area contributed by atoms with Gasteiger partial charge in [-0.1, -0.05) is 84.9 Å². The van der Waals surface area contributed by atoms with E-state index < -0.39 is 16.1 Å². The normalized spacial score (nSPS) is 14.2. The number of benzene rings is 4. The van der Waals surface area contributed by atoms with Crippen molar-refractivity contribution in [1.82, 2.24) is 10.2 Å². The highest BCUT2D eigenvalue weighted by Crippen LogP contribution is 2.42. The molecule has 1 aliphatic heterocycles. The van der Waals surface area contributed by atoms with Gasteiger partial charge < -0.3 is 10.2 Å². The van der Waals surface area contributed by atoms with Gasteiger partial charge in [0.2, 0.25) is 11.8 Å². The number of hydrogen-bond donors (Lipinski definition) is 1. The number of nitrogens with zero attached hydrogens (tertiary/aromatic N) is 2. The lowest BCUT2D eigenvalue weighted by Crippen LogP contribution is -2.49. The molecule has 1 aliphatic rings. The zero-order valence-corrected chi connectivity index (χ0v) is 22.6. The number of carbonyl (C=O) groups excluding carboxylic acids is 2. The highest BCUT2D eigenvalue weighted by atomic mass is 32.2. The van der Waals surface area contributed by atoms with Gasteiger partial charge in [-0.05, 0) is 35.1 Å². The third-order valence-electron chi connectivity index (χ3n) is 7.15. The van der Waals surface area contributed by atoms with Crippen molar-refractivity contribution in [1.29, 1.82) is 0 Å². The summed E-state index contributed by atoms with van der Waals surface area (Å²) >= 11 is 0. The van der Waals surface area contributed by atoms with Gasteiger partial charge >= 0.3 is 0 Å². The Morgan fingerprint density at radius 2 is 1.49 bits per heavy atom. The summed E-state index contributed by atoms with van der Waals surface area (Å²) in [5, 5.41) is 4.31. The molecule has 1 atom stereocenters. The third kappa shape index (κ3) is 5.38. The lowest BCUT2D eigenvalue weighted by molar-refractivity contribution is -0.141. The molecule has 0 saturated carbocycles. The van der Waals surface area contributed by atoms with Crippen LogP contribution in [0, 0.1) is 0 Å². The number of carbonyl (C=O) groups is 2. The molecule has 1 heterocycles. The second-order valence-corrected chi connectivity index (χ2v) is 11.5. The maximum absolute atomic E-state index is 13.7. The predicted octanol–water partition coefficient (Wildman–Crippen LogP) is 4.51. The summed E-state index contributed by atoms with van der Waals surface area (Å²) in [6.07, 6.45) is 0.796. The van der Waals surface area contributed by atoms with Gasteiger partial charge in [0.15, 0.2) is 0 Å². The van der Waals surface area contributed by atoms with E-state index >= 15 is 0 Å². The predicted molar refractivity (Wildman–Crippen MR) is 153 cm³/mol. The Morgan fingerprint density at radius 1 is 0.846 bits per heavy atom. The van der Waals surface area contributed by atoms with Crippen LogP contribution in [-0.2, 0) is 32.6 Å². The van der Waals surface area contributed by atoms with Crippen LogP contribution in [0.15, 0.2) is 102 Å². The first-order valence-electron chi connectivity index (χ1n) is 13.0. The highest BCUT2D eigenvalue weighted by molar-refractivity contribution is 7.93. The summed E-state index contributed by atoms with van der Waals surface area (Å²) in [6.45, 7) is 0.446. The number of amides is 2. The van der Waals surface area contributed by atoms with Crippen LogP contribution in [0.4, 0.5) is 5.69 Å². The molecule has 39 heavy (non-hydrogen) atoms. The van der Waals surface area contributed by atoms with Crippen molar-refractivity contribution in [2.24, 2.45) is 0 Å². The molecule has 0 spiro atoms. The van der Waals surface area contributed by atoms with E-state index in [-0.39, 0.29) is 31.3 Å². The number of sulfonamides is 1. The minimum atomic E-state index is -3.70. The van der Waals surface area contributed by atoms with Gasteiger partial charge in [-0.25, -0.2) is 8.42 Å². The van der Waals surface area contributed by atoms with Gasteiger partial charge in [-0.15, -0.1) is 0 Å². The molecule has 8 heteroatoms. The zero-order valence-electron chi connectivity index (χ0n) is 21.8. The molecule has 0 bridgehead atoms. The average Bonchev–Trinajstić information content (AvgIpc) is 3.18. The summed E-state index contributed by atoms with van der Waals surface area (Å²) < 4.78 is 28.1. The number of nitrogens with one attached hydrogen (secondary N) is 1. The van der Waals surface area contributed by atoms with E-state index in [0.717, 1.165) is 21.9 Å². The van der Waals surface area contributed by atoms with Crippen LogP contribution >= 0.6 is 0 Å². The van der Waals surface area contributed by atoms with Gasteiger partial charge in [0, 0.05) is 38.4 Å². The van der Waals surface area contributed by atoms with Gasteiger partial charge in [0.05, 0.1) is 10.6 Å². The van der Waals surface area contributed by atoms with Crippen LogP contribution in [0.25, 0.3) is 10.8 Å². The molecule has 0 aromatic heterocycles. The fourth-order valence-corrected chi connectivity index (χ4v) is 6.97. The molecule has 2 amide bonds. The fraction of sp³-hybridized carbons (Fsp3) is 0.226. The quantitative estimate of drug-likeness (QED) is 0.320. The molecule has 5 rings (SSSR count). The van der Waals surface area contributed by atoms with E-state index in [4.69, 9.17) is 0 Å². The van der Waals surface area contributed by atoms with E-state index in [0.29, 0.717) is 23.4 Å².